The van der Waals surface area contributed by atoms with Gasteiger partial charge in [-0.2, -0.15) is 0 Å². The number of aliphatic hydroxyl groups excluding tert-OH is 1. The summed E-state index contributed by atoms with van der Waals surface area (Å²) >= 11 is 0. The van der Waals surface area contributed by atoms with Gasteiger partial charge in [0.15, 0.2) is 0 Å². The van der Waals surface area contributed by atoms with Crippen LogP contribution in [0.1, 0.15) is 18.1 Å². The Kier molecular flexibility index (Phi) is 6.45. The minimum atomic E-state index is -0.323. The zero-order valence-corrected chi connectivity index (χ0v) is 13.0. The molecule has 1 aliphatic heterocycles. The quantitative estimate of drug-likeness (QED) is 0.786. The molecule has 118 valence electrons. The Morgan fingerprint density at radius 1 is 1.38 bits per heavy atom. The Labute approximate surface area is 126 Å². The van der Waals surface area contributed by atoms with Gasteiger partial charge >= 0.3 is 0 Å². The predicted octanol–water partition coefficient (Wildman–Crippen LogP) is 0.998. The molecule has 1 aromatic carbocycles. The third-order valence-corrected chi connectivity index (χ3v) is 3.61. The number of hydrogen-bond donors (Lipinski definition) is 2. The Balaban J connectivity index is 1.99. The SMILES string of the molecule is COc1ccc(CNC[C@H](C)O)cc1CN1CCOCC1. The van der Waals surface area contributed by atoms with Crippen molar-refractivity contribution in [2.45, 2.75) is 26.1 Å². The topological polar surface area (TPSA) is 54.0 Å². The molecule has 1 aromatic rings. The van der Waals surface area contributed by atoms with E-state index in [0.29, 0.717) is 6.54 Å². The molecule has 2 rings (SSSR count). The van der Waals surface area contributed by atoms with Crippen molar-refractivity contribution >= 4 is 0 Å². The molecule has 0 aliphatic carbocycles. The fourth-order valence-electron chi connectivity index (χ4n) is 2.49. The van der Waals surface area contributed by atoms with Crippen LogP contribution in [-0.4, -0.2) is 56.1 Å². The number of ether oxygens (including phenoxy) is 2. The number of aliphatic hydroxyl groups is 1. The summed E-state index contributed by atoms with van der Waals surface area (Å²) in [5.74, 6) is 0.931. The summed E-state index contributed by atoms with van der Waals surface area (Å²) in [6, 6.07) is 6.27. The molecular weight excluding hydrogens is 268 g/mol. The van der Waals surface area contributed by atoms with Crippen LogP contribution in [-0.2, 0) is 17.8 Å². The minimum absolute atomic E-state index is 0.323. The fourth-order valence-corrected chi connectivity index (χ4v) is 2.49. The fraction of sp³-hybridized carbons (Fsp3) is 0.625. The highest BCUT2D eigenvalue weighted by molar-refractivity contribution is 5.37. The average Bonchev–Trinajstić information content (AvgIpc) is 2.48. The summed E-state index contributed by atoms with van der Waals surface area (Å²) in [5.41, 5.74) is 2.41. The van der Waals surface area contributed by atoms with E-state index in [4.69, 9.17) is 9.47 Å². The van der Waals surface area contributed by atoms with E-state index in [-0.39, 0.29) is 6.10 Å². The van der Waals surface area contributed by atoms with Crippen LogP contribution in [0.5, 0.6) is 5.75 Å². The maximum Gasteiger partial charge on any atom is 0.123 e. The van der Waals surface area contributed by atoms with Gasteiger partial charge in [-0.05, 0) is 24.6 Å². The normalized spacial score (nSPS) is 17.7. The molecule has 0 spiro atoms. The van der Waals surface area contributed by atoms with E-state index in [9.17, 15) is 5.11 Å². The maximum atomic E-state index is 9.28. The van der Waals surface area contributed by atoms with Crippen LogP contribution in [0.4, 0.5) is 0 Å². The zero-order valence-electron chi connectivity index (χ0n) is 13.0. The number of nitrogens with one attached hydrogen (secondary N) is 1. The summed E-state index contributed by atoms with van der Waals surface area (Å²) in [7, 11) is 1.71. The second-order valence-electron chi connectivity index (χ2n) is 5.51. The average molecular weight is 294 g/mol. The van der Waals surface area contributed by atoms with Gasteiger partial charge in [-0.15, -0.1) is 0 Å². The van der Waals surface area contributed by atoms with Crippen LogP contribution in [0, 0.1) is 0 Å². The standard InChI is InChI=1S/C16H26N2O3/c1-13(19)10-17-11-14-3-4-16(20-2)15(9-14)12-18-5-7-21-8-6-18/h3-4,9,13,17,19H,5-8,10-12H2,1-2H3/t13-/m0/s1. The van der Waals surface area contributed by atoms with E-state index < -0.39 is 0 Å². The van der Waals surface area contributed by atoms with Gasteiger partial charge in [0.2, 0.25) is 0 Å². The van der Waals surface area contributed by atoms with Crippen molar-refractivity contribution < 1.29 is 14.6 Å². The predicted molar refractivity (Wildman–Crippen MR) is 82.5 cm³/mol. The van der Waals surface area contributed by atoms with Gasteiger partial charge in [-0.1, -0.05) is 6.07 Å². The smallest absolute Gasteiger partial charge is 0.123 e. The molecule has 1 atom stereocenters. The molecule has 0 saturated carbocycles. The molecule has 1 heterocycles. The molecule has 21 heavy (non-hydrogen) atoms. The first-order valence-electron chi connectivity index (χ1n) is 7.53. The molecule has 0 amide bonds. The highest BCUT2D eigenvalue weighted by Gasteiger charge is 2.13. The summed E-state index contributed by atoms with van der Waals surface area (Å²) in [6.07, 6.45) is -0.323. The van der Waals surface area contributed by atoms with Crippen molar-refractivity contribution in [2.75, 3.05) is 40.0 Å². The summed E-state index contributed by atoms with van der Waals surface area (Å²) in [6.45, 7) is 7.56. The first-order valence-corrected chi connectivity index (χ1v) is 7.53. The highest BCUT2D eigenvalue weighted by Crippen LogP contribution is 2.22. The number of morpholine rings is 1. The Hall–Kier alpha value is -1.14. The van der Waals surface area contributed by atoms with Crippen molar-refractivity contribution in [3.63, 3.8) is 0 Å². The lowest BCUT2D eigenvalue weighted by molar-refractivity contribution is 0.0339. The Bertz CT molecular complexity index is 432. The van der Waals surface area contributed by atoms with Crippen LogP contribution >= 0.6 is 0 Å². The van der Waals surface area contributed by atoms with Gasteiger partial charge in [-0.25, -0.2) is 0 Å². The molecule has 1 saturated heterocycles. The maximum absolute atomic E-state index is 9.28. The molecule has 0 bridgehead atoms. The van der Waals surface area contributed by atoms with Gasteiger partial charge in [0.25, 0.3) is 0 Å². The van der Waals surface area contributed by atoms with E-state index >= 15 is 0 Å². The van der Waals surface area contributed by atoms with E-state index in [0.717, 1.165) is 45.1 Å². The number of nitrogens with zero attached hydrogens (tertiary/aromatic N) is 1. The summed E-state index contributed by atoms with van der Waals surface area (Å²) in [4.78, 5) is 2.38. The molecule has 5 nitrogen and oxygen atoms in total. The summed E-state index contributed by atoms with van der Waals surface area (Å²) < 4.78 is 10.9. The number of benzene rings is 1. The highest BCUT2D eigenvalue weighted by atomic mass is 16.5. The Morgan fingerprint density at radius 3 is 2.81 bits per heavy atom. The largest absolute Gasteiger partial charge is 0.496 e. The lowest BCUT2D eigenvalue weighted by Gasteiger charge is -2.27. The van der Waals surface area contributed by atoms with Gasteiger partial charge in [0, 0.05) is 38.3 Å². The molecule has 1 fully saturated rings. The lowest BCUT2D eigenvalue weighted by atomic mass is 10.1. The van der Waals surface area contributed by atoms with E-state index in [2.05, 4.69) is 22.3 Å². The first-order chi connectivity index (χ1) is 10.2. The van der Waals surface area contributed by atoms with Crippen molar-refractivity contribution in [3.8, 4) is 5.75 Å². The van der Waals surface area contributed by atoms with Gasteiger partial charge in [0.1, 0.15) is 5.75 Å². The number of rotatable bonds is 7. The molecule has 2 N–H and O–H groups in total. The van der Waals surface area contributed by atoms with Crippen LogP contribution in [0.15, 0.2) is 18.2 Å². The monoisotopic (exact) mass is 294 g/mol. The zero-order chi connectivity index (χ0) is 15.1. The molecule has 1 aliphatic rings. The van der Waals surface area contributed by atoms with Gasteiger partial charge in [0.05, 0.1) is 26.4 Å². The first kappa shape index (κ1) is 16.2. The van der Waals surface area contributed by atoms with E-state index in [1.165, 1.54) is 11.1 Å². The minimum Gasteiger partial charge on any atom is -0.496 e. The van der Waals surface area contributed by atoms with Crippen LogP contribution in [0.2, 0.25) is 0 Å². The second-order valence-corrected chi connectivity index (χ2v) is 5.51. The van der Waals surface area contributed by atoms with Crippen LogP contribution in [0.3, 0.4) is 0 Å². The molecule has 0 aromatic heterocycles. The van der Waals surface area contributed by atoms with Crippen molar-refractivity contribution in [1.82, 2.24) is 10.2 Å². The lowest BCUT2D eigenvalue weighted by Crippen LogP contribution is -2.35. The second kappa shape index (κ2) is 8.34. The van der Waals surface area contributed by atoms with Gasteiger partial charge < -0.3 is 19.9 Å². The van der Waals surface area contributed by atoms with Crippen molar-refractivity contribution in [1.29, 1.82) is 0 Å². The molecule has 0 radical (unpaired) electrons. The molecular formula is C16H26N2O3. The third kappa shape index (κ3) is 5.28. The van der Waals surface area contributed by atoms with Crippen molar-refractivity contribution in [3.05, 3.63) is 29.3 Å². The Morgan fingerprint density at radius 2 is 2.14 bits per heavy atom. The number of methoxy groups -OCH3 is 1. The van der Waals surface area contributed by atoms with E-state index in [1.54, 1.807) is 14.0 Å². The van der Waals surface area contributed by atoms with Gasteiger partial charge in [-0.3, -0.25) is 4.90 Å². The van der Waals surface area contributed by atoms with Crippen LogP contribution in [0.25, 0.3) is 0 Å². The molecule has 0 unspecified atom stereocenters. The van der Waals surface area contributed by atoms with E-state index in [1.807, 2.05) is 6.07 Å². The third-order valence-electron chi connectivity index (χ3n) is 3.61. The van der Waals surface area contributed by atoms with Crippen molar-refractivity contribution in [2.24, 2.45) is 0 Å². The molecule has 5 heteroatoms. The van der Waals surface area contributed by atoms with Crippen LogP contribution < -0.4 is 10.1 Å². The summed E-state index contributed by atoms with van der Waals surface area (Å²) in [5, 5.41) is 12.5. The number of hydrogen-bond acceptors (Lipinski definition) is 5.